The van der Waals surface area contributed by atoms with Crippen molar-refractivity contribution in [3.05, 3.63) is 18.2 Å². The van der Waals surface area contributed by atoms with E-state index in [0.29, 0.717) is 24.3 Å². The van der Waals surface area contributed by atoms with Gasteiger partial charge in [-0.1, -0.05) is 77.3 Å². The molecule has 0 unspecified atom stereocenters. The van der Waals surface area contributed by atoms with Gasteiger partial charge >= 0.3 is 0 Å². The molecule has 4 aliphatic heterocycles. The van der Waals surface area contributed by atoms with Gasteiger partial charge in [-0.15, -0.1) is 0 Å². The summed E-state index contributed by atoms with van der Waals surface area (Å²) in [6.45, 7) is 3.98. The molecule has 4 saturated heterocycles. The highest BCUT2D eigenvalue weighted by Crippen LogP contribution is 2.27. The number of aromatic nitrogens is 2. The smallest absolute Gasteiger partial charge is 0.248 e. The van der Waals surface area contributed by atoms with Crippen LogP contribution in [0.15, 0.2) is 12.5 Å². The summed E-state index contributed by atoms with van der Waals surface area (Å²) in [6.07, 6.45) is 5.60. The summed E-state index contributed by atoms with van der Waals surface area (Å²) in [5.74, 6) is -16.6. The Labute approximate surface area is 597 Å². The Morgan fingerprint density at radius 2 is 1.09 bits per heavy atom. The standard InChI is InChI=1S/C59H94N18O18S5/c1-7-29(4)45-57(93)71-37(46(61)82)23-97-99-25-39-52(88)69-35(21-79)50(86)67-33(17-31-19-62-27-63-31)58(94)76-14-8-12-41(76)54(90)74-44(28(2)3)56(92)73-40(26-100-98-24-38(51(87)72-39)65-43(81)18-60)53(89)68-34(20-78)49(85)64-30(5)47(83)66-32(11-10-16-96-6)48(84)70-36(22-80)59(95)77-15-9-13-42(77)55(91)75-45/h19,27-30,32-42,44-45,78-80H,7-18,20-26,60H2,1-6H3,(H2,61,82)(H,62,63)(H,64,85)(H,65,81)(H,66,83)(H,67,86)(H,68,89)(H,69,88)(H,70,84)(H,71,93)(H,72,87)(H,73,92)(H,74,90)(H,75,91)/t29-,30-,32-,33-,34-,35-,36-,37-,38-,39-,40-,41-,42-,44-,45-/m0/s1. The van der Waals surface area contributed by atoms with Gasteiger partial charge in [0.15, 0.2) is 0 Å². The first kappa shape index (κ1) is 83.5. The van der Waals surface area contributed by atoms with Gasteiger partial charge in [0.25, 0.3) is 0 Å². The molecule has 2 bridgehead atoms. The Hall–Kier alpha value is -7.15. The lowest BCUT2D eigenvalue weighted by molar-refractivity contribution is -0.143. The Morgan fingerprint density at radius 3 is 1.61 bits per heavy atom. The van der Waals surface area contributed by atoms with E-state index in [9.17, 15) is 87.2 Å². The minimum absolute atomic E-state index is 0.0113. The zero-order valence-corrected chi connectivity index (χ0v) is 60.4. The number of imidazole rings is 1. The molecule has 4 fully saturated rings. The van der Waals surface area contributed by atoms with Crippen LogP contribution in [0.2, 0.25) is 0 Å². The van der Waals surface area contributed by atoms with Crippen LogP contribution in [0.3, 0.4) is 0 Å². The van der Waals surface area contributed by atoms with Crippen molar-refractivity contribution in [3.63, 3.8) is 0 Å². The largest absolute Gasteiger partial charge is 0.394 e. The summed E-state index contributed by atoms with van der Waals surface area (Å²) in [7, 11) is 3.43. The number of hydrogen-bond acceptors (Lipinski definition) is 25. The third-order valence-corrected chi connectivity index (χ3v) is 22.4. The van der Waals surface area contributed by atoms with Gasteiger partial charge in [0.1, 0.15) is 84.6 Å². The van der Waals surface area contributed by atoms with Gasteiger partial charge in [-0.2, -0.15) is 11.8 Å². The SMILES string of the molecule is CC[C@H](C)[C@@H]1NC(=O)[C@@H]2CCCN2C(=O)[C@H](CO)NC(=O)[C@H](CCCSC)NC(=O)[C@H](C)NC(=O)[C@H](CO)NC(=O)[C@@H]2CSSC[C@H](NC(=O)CN)C(=O)N[C@@H](CSSC[C@@H](C(N)=O)NC1=O)C(=O)N[C@@H](CO)C(=O)N[C@@H](Cc1cnc[nH]1)C(=O)N1CCC[C@H]1C(=O)N[C@@H](C(C)C)C(=O)N2. The van der Waals surface area contributed by atoms with Gasteiger partial charge in [-0.3, -0.25) is 71.9 Å². The van der Waals surface area contributed by atoms with Crippen LogP contribution in [0.1, 0.15) is 85.3 Å². The average molecular weight is 1500 g/mol. The number of aromatic amines is 1. The number of aliphatic hydroxyl groups excluding tert-OH is 3. The Kier molecular flexibility index (Phi) is 34.8. The van der Waals surface area contributed by atoms with E-state index in [1.165, 1.54) is 36.1 Å². The monoisotopic (exact) mass is 1500 g/mol. The first-order valence-electron chi connectivity index (χ1n) is 32.6. The van der Waals surface area contributed by atoms with Crippen molar-refractivity contribution in [2.45, 2.75) is 171 Å². The number of fused-ring (bicyclic) bond motifs is 10. The number of nitrogens with zero attached hydrogens (tertiary/aromatic N) is 3. The molecule has 41 heteroatoms. The highest BCUT2D eigenvalue weighted by molar-refractivity contribution is 8.77. The van der Waals surface area contributed by atoms with Gasteiger partial charge in [-0.05, 0) is 69.3 Å². The molecule has 0 aliphatic carbocycles. The zero-order chi connectivity index (χ0) is 73.9. The van der Waals surface area contributed by atoms with E-state index < -0.39 is 223 Å². The number of carbonyl (C=O) groups excluding carboxylic acids is 15. The topological polar surface area (TPSA) is 548 Å². The molecule has 20 N–H and O–H groups in total. The van der Waals surface area contributed by atoms with Crippen molar-refractivity contribution >= 4 is 144 Å². The summed E-state index contributed by atoms with van der Waals surface area (Å²) < 4.78 is 0. The molecule has 5 heterocycles. The lowest BCUT2D eigenvalue weighted by Crippen LogP contribution is -2.62. The fourth-order valence-corrected chi connectivity index (χ4v) is 16.0. The molecule has 0 spiro atoms. The van der Waals surface area contributed by atoms with Crippen molar-refractivity contribution in [1.29, 1.82) is 0 Å². The summed E-state index contributed by atoms with van der Waals surface area (Å²) >= 11 is 1.43. The predicted octanol–water partition coefficient (Wildman–Crippen LogP) is -7.17. The maximum atomic E-state index is 14.7. The van der Waals surface area contributed by atoms with Crippen molar-refractivity contribution in [1.82, 2.24) is 83.6 Å². The molecule has 4 aliphatic rings. The van der Waals surface area contributed by atoms with Gasteiger partial charge in [0.2, 0.25) is 88.6 Å². The molecular formula is C59H94N18O18S5. The van der Waals surface area contributed by atoms with Crippen LogP contribution in [0.4, 0.5) is 0 Å². The van der Waals surface area contributed by atoms with Crippen LogP contribution in [-0.4, -0.2) is 283 Å². The Balaban J connectivity index is 1.62. The van der Waals surface area contributed by atoms with Crippen molar-refractivity contribution < 1.29 is 87.2 Å². The number of aliphatic hydroxyl groups is 3. The van der Waals surface area contributed by atoms with Gasteiger partial charge in [0, 0.05) is 54.4 Å². The van der Waals surface area contributed by atoms with Crippen LogP contribution in [0.25, 0.3) is 0 Å². The second-order valence-corrected chi connectivity index (χ2v) is 30.6. The minimum Gasteiger partial charge on any atom is -0.394 e. The number of carbonyl (C=O) groups is 15. The minimum atomic E-state index is -1.84. The molecule has 1 aromatic heterocycles. The second kappa shape index (κ2) is 41.7. The fourth-order valence-electron chi connectivity index (χ4n) is 10.9. The summed E-state index contributed by atoms with van der Waals surface area (Å²) in [6, 6.07) is -21.3. The van der Waals surface area contributed by atoms with E-state index in [0.717, 1.165) is 48.1 Å². The molecule has 100 heavy (non-hydrogen) atoms. The average Bonchev–Trinajstić information content (AvgIpc) is 1.61. The zero-order valence-electron chi connectivity index (χ0n) is 56.3. The third-order valence-electron chi connectivity index (χ3n) is 16.8. The first-order valence-corrected chi connectivity index (χ1v) is 39.0. The number of H-pyrrole nitrogens is 1. The van der Waals surface area contributed by atoms with Crippen molar-refractivity contribution in [2.75, 3.05) is 74.5 Å². The normalized spacial score (nSPS) is 29.2. The van der Waals surface area contributed by atoms with Crippen LogP contribution in [-0.2, 0) is 78.3 Å². The highest BCUT2D eigenvalue weighted by Gasteiger charge is 2.44. The van der Waals surface area contributed by atoms with E-state index in [4.69, 9.17) is 11.5 Å². The highest BCUT2D eigenvalue weighted by atomic mass is 33.1. The number of hydrogen-bond donors (Lipinski definition) is 18. The predicted molar refractivity (Wildman–Crippen MR) is 372 cm³/mol. The summed E-state index contributed by atoms with van der Waals surface area (Å²) in [5.41, 5.74) is 11.8. The molecule has 36 nitrogen and oxygen atoms in total. The van der Waals surface area contributed by atoms with E-state index in [1.54, 1.807) is 34.0 Å². The van der Waals surface area contributed by atoms with E-state index >= 15 is 0 Å². The molecule has 15 amide bonds. The maximum absolute atomic E-state index is 14.7. The molecule has 5 rings (SSSR count). The number of rotatable bonds is 15. The number of thioether (sulfide) groups is 1. The van der Waals surface area contributed by atoms with Crippen LogP contribution >= 0.6 is 54.9 Å². The van der Waals surface area contributed by atoms with Gasteiger partial charge in [-0.25, -0.2) is 4.98 Å². The molecule has 0 aromatic carbocycles. The van der Waals surface area contributed by atoms with Crippen LogP contribution < -0.4 is 75.3 Å². The first-order chi connectivity index (χ1) is 47.6. The van der Waals surface area contributed by atoms with Crippen LogP contribution in [0.5, 0.6) is 0 Å². The van der Waals surface area contributed by atoms with Crippen molar-refractivity contribution in [3.8, 4) is 0 Å². The molecule has 0 saturated carbocycles. The maximum Gasteiger partial charge on any atom is 0.248 e. The quantitative estimate of drug-likeness (QED) is 0.0573. The van der Waals surface area contributed by atoms with Gasteiger partial charge < -0.3 is 105 Å². The molecule has 0 radical (unpaired) electrons. The molecule has 558 valence electrons. The number of amides is 15. The lowest BCUT2D eigenvalue weighted by Gasteiger charge is -2.31. The van der Waals surface area contributed by atoms with E-state index in [-0.39, 0.29) is 63.1 Å². The van der Waals surface area contributed by atoms with Crippen LogP contribution in [0, 0.1) is 11.8 Å². The third kappa shape index (κ3) is 24.5. The Morgan fingerprint density at radius 1 is 0.600 bits per heavy atom. The Bertz CT molecular complexity index is 3060. The number of nitrogens with one attached hydrogen (secondary N) is 13. The molecule has 1 aromatic rings. The summed E-state index contributed by atoms with van der Waals surface area (Å²) in [4.78, 5) is 222. The number of nitrogens with two attached hydrogens (primary N) is 2. The van der Waals surface area contributed by atoms with Crippen molar-refractivity contribution in [2.24, 2.45) is 23.3 Å². The number of primary amides is 1. The molecular weight excluding hydrogens is 1410 g/mol. The summed E-state index contributed by atoms with van der Waals surface area (Å²) in [5, 5.41) is 62.2. The molecule has 15 atom stereocenters. The van der Waals surface area contributed by atoms with Gasteiger partial charge in [0.05, 0.1) is 32.7 Å². The lowest BCUT2D eigenvalue weighted by atomic mass is 9.97. The second-order valence-electron chi connectivity index (χ2n) is 24.5. The van der Waals surface area contributed by atoms with E-state index in [2.05, 4.69) is 73.8 Å². The fraction of sp³-hybridized carbons (Fsp3) is 0.695. The van der Waals surface area contributed by atoms with E-state index in [1.807, 2.05) is 0 Å².